The van der Waals surface area contributed by atoms with Gasteiger partial charge in [-0.05, 0) is 55.0 Å². The minimum absolute atomic E-state index is 0.0349. The van der Waals surface area contributed by atoms with Gasteiger partial charge in [-0.1, -0.05) is 29.5 Å². The first kappa shape index (κ1) is 21.7. The predicted octanol–water partition coefficient (Wildman–Crippen LogP) is 3.84. The standard InChI is InChI=1S/C26H23N5O3S/c1-14-18-5-3-4-6-22(18)35-24(14)15(2)31-13-20(28-29-31)16-7-8-19-17(11-16)12-30(26(19)34)21-9-10-23(32)27-25(21)33/h3-8,11,13,15,21H,9-10,12H2,1-2H3,(H,27,32,33)/t15-,21?/m1/s1. The lowest BCUT2D eigenvalue weighted by Crippen LogP contribution is -2.52. The molecule has 2 aromatic heterocycles. The van der Waals surface area contributed by atoms with Crippen molar-refractivity contribution in [2.24, 2.45) is 0 Å². The third kappa shape index (κ3) is 3.54. The average molecular weight is 486 g/mol. The normalized spacial score (nSPS) is 18.7. The highest BCUT2D eigenvalue weighted by Gasteiger charge is 2.39. The molecule has 3 amide bonds. The maximum atomic E-state index is 13.0. The number of hydrogen-bond acceptors (Lipinski definition) is 6. The molecule has 0 spiro atoms. The van der Waals surface area contributed by atoms with Crippen molar-refractivity contribution in [3.05, 3.63) is 70.2 Å². The molecule has 176 valence electrons. The zero-order valence-electron chi connectivity index (χ0n) is 19.3. The SMILES string of the molecule is Cc1c([C@@H](C)n2cc(-c3ccc4c(c3)CN(C3CCC(=O)NC3=O)C4=O)nn2)sc2ccccc12. The summed E-state index contributed by atoms with van der Waals surface area (Å²) in [5, 5.41) is 12.4. The topological polar surface area (TPSA) is 97.2 Å². The van der Waals surface area contributed by atoms with Gasteiger partial charge >= 0.3 is 0 Å². The average Bonchev–Trinajstić information content (AvgIpc) is 3.55. The Bertz CT molecular complexity index is 1520. The maximum absolute atomic E-state index is 13.0. The Morgan fingerprint density at radius 1 is 1.14 bits per heavy atom. The van der Waals surface area contributed by atoms with Crippen LogP contribution in [0.5, 0.6) is 0 Å². The van der Waals surface area contributed by atoms with E-state index in [1.54, 1.807) is 22.3 Å². The number of nitrogens with one attached hydrogen (secondary N) is 1. The molecule has 1 unspecified atom stereocenters. The number of hydrogen-bond donors (Lipinski definition) is 1. The van der Waals surface area contributed by atoms with Gasteiger partial charge in [-0.25, -0.2) is 4.68 Å². The van der Waals surface area contributed by atoms with E-state index in [1.165, 1.54) is 20.5 Å². The molecule has 35 heavy (non-hydrogen) atoms. The van der Waals surface area contributed by atoms with Crippen LogP contribution < -0.4 is 5.32 Å². The Balaban J connectivity index is 1.26. The van der Waals surface area contributed by atoms with Gasteiger partial charge in [0, 0.05) is 33.7 Å². The Labute approximate surface area is 205 Å². The number of aromatic nitrogens is 3. The summed E-state index contributed by atoms with van der Waals surface area (Å²) < 4.78 is 3.14. The lowest BCUT2D eigenvalue weighted by Gasteiger charge is -2.29. The molecule has 4 heterocycles. The molecule has 2 aliphatic rings. The molecule has 9 heteroatoms. The second-order valence-electron chi connectivity index (χ2n) is 9.12. The Morgan fingerprint density at radius 3 is 2.77 bits per heavy atom. The predicted molar refractivity (Wildman–Crippen MR) is 132 cm³/mol. The molecule has 0 aliphatic carbocycles. The first-order chi connectivity index (χ1) is 16.9. The van der Waals surface area contributed by atoms with Crippen LogP contribution in [-0.4, -0.2) is 43.7 Å². The number of carbonyl (C=O) groups is 3. The number of benzene rings is 2. The fraction of sp³-hybridized carbons (Fsp3) is 0.269. The zero-order valence-corrected chi connectivity index (χ0v) is 20.1. The summed E-state index contributed by atoms with van der Waals surface area (Å²) in [6.45, 7) is 4.60. The summed E-state index contributed by atoms with van der Waals surface area (Å²) in [6.07, 6.45) is 2.52. The third-order valence-corrected chi connectivity index (χ3v) is 8.43. The summed E-state index contributed by atoms with van der Waals surface area (Å²) in [5.41, 5.74) is 4.29. The van der Waals surface area contributed by atoms with Gasteiger partial charge in [0.05, 0.1) is 12.2 Å². The van der Waals surface area contributed by atoms with Crippen LogP contribution in [0.15, 0.2) is 48.7 Å². The Kier molecular flexibility index (Phi) is 5.03. The van der Waals surface area contributed by atoms with Gasteiger partial charge in [0.2, 0.25) is 11.8 Å². The van der Waals surface area contributed by atoms with Gasteiger partial charge in [-0.3, -0.25) is 19.7 Å². The van der Waals surface area contributed by atoms with Gasteiger partial charge in [-0.15, -0.1) is 16.4 Å². The number of aryl methyl sites for hydroxylation is 1. The summed E-state index contributed by atoms with van der Waals surface area (Å²) in [6, 6.07) is 13.4. The Morgan fingerprint density at radius 2 is 1.97 bits per heavy atom. The number of thiophene rings is 1. The van der Waals surface area contributed by atoms with Crippen LogP contribution in [0, 0.1) is 6.92 Å². The quantitative estimate of drug-likeness (QED) is 0.443. The largest absolute Gasteiger partial charge is 0.322 e. The Hall–Kier alpha value is -3.85. The zero-order chi connectivity index (χ0) is 24.3. The van der Waals surface area contributed by atoms with E-state index in [4.69, 9.17) is 0 Å². The van der Waals surface area contributed by atoms with E-state index >= 15 is 0 Å². The monoisotopic (exact) mass is 485 g/mol. The highest BCUT2D eigenvalue weighted by molar-refractivity contribution is 7.19. The molecule has 1 fully saturated rings. The molecule has 8 nitrogen and oxygen atoms in total. The van der Waals surface area contributed by atoms with E-state index in [2.05, 4.69) is 53.7 Å². The van der Waals surface area contributed by atoms with Gasteiger partial charge < -0.3 is 4.90 Å². The highest BCUT2D eigenvalue weighted by atomic mass is 32.1. The summed E-state index contributed by atoms with van der Waals surface area (Å²) in [7, 11) is 0. The fourth-order valence-electron chi connectivity index (χ4n) is 5.04. The number of fused-ring (bicyclic) bond motifs is 2. The number of rotatable bonds is 4. The van der Waals surface area contributed by atoms with Crippen LogP contribution in [0.2, 0.25) is 0 Å². The van der Waals surface area contributed by atoms with E-state index in [9.17, 15) is 14.4 Å². The van der Waals surface area contributed by atoms with Crippen molar-refractivity contribution in [2.75, 3.05) is 0 Å². The van der Waals surface area contributed by atoms with Gasteiger partial charge in [-0.2, -0.15) is 0 Å². The molecule has 1 N–H and O–H groups in total. The number of amides is 3. The molecule has 1 saturated heterocycles. The molecule has 2 aliphatic heterocycles. The van der Waals surface area contributed by atoms with Gasteiger partial charge in [0.15, 0.2) is 0 Å². The number of imide groups is 1. The minimum atomic E-state index is -0.623. The van der Waals surface area contributed by atoms with Gasteiger partial charge in [0.25, 0.3) is 5.91 Å². The van der Waals surface area contributed by atoms with E-state index in [0.29, 0.717) is 18.5 Å². The fourth-order valence-corrected chi connectivity index (χ4v) is 6.30. The second-order valence-corrected chi connectivity index (χ2v) is 10.2. The van der Waals surface area contributed by atoms with E-state index in [1.807, 2.05) is 23.0 Å². The van der Waals surface area contributed by atoms with Crippen LogP contribution in [-0.2, 0) is 16.1 Å². The third-order valence-electron chi connectivity index (χ3n) is 6.99. The van der Waals surface area contributed by atoms with Crippen molar-refractivity contribution in [1.29, 1.82) is 0 Å². The van der Waals surface area contributed by atoms with Crippen LogP contribution >= 0.6 is 11.3 Å². The maximum Gasteiger partial charge on any atom is 0.255 e. The number of nitrogens with zero attached hydrogens (tertiary/aromatic N) is 4. The molecule has 2 aromatic carbocycles. The first-order valence-corrected chi connectivity index (χ1v) is 12.4. The molecule has 4 aromatic rings. The van der Waals surface area contributed by atoms with Crippen LogP contribution in [0.25, 0.3) is 21.3 Å². The molecule has 2 atom stereocenters. The van der Waals surface area contributed by atoms with Crippen LogP contribution in [0.3, 0.4) is 0 Å². The lowest BCUT2D eigenvalue weighted by atomic mass is 10.0. The van der Waals surface area contributed by atoms with E-state index in [-0.39, 0.29) is 24.3 Å². The van der Waals surface area contributed by atoms with Crippen molar-refractivity contribution >= 4 is 39.1 Å². The number of piperidine rings is 1. The van der Waals surface area contributed by atoms with Crippen molar-refractivity contribution < 1.29 is 14.4 Å². The molecule has 0 bridgehead atoms. The second kappa shape index (κ2) is 8.13. The van der Waals surface area contributed by atoms with E-state index < -0.39 is 11.9 Å². The highest BCUT2D eigenvalue weighted by Crippen LogP contribution is 2.36. The molecular formula is C26H23N5O3S. The van der Waals surface area contributed by atoms with Crippen molar-refractivity contribution in [2.45, 2.75) is 45.3 Å². The van der Waals surface area contributed by atoms with Crippen molar-refractivity contribution in [1.82, 2.24) is 25.2 Å². The molecule has 0 radical (unpaired) electrons. The summed E-state index contributed by atoms with van der Waals surface area (Å²) in [5.74, 6) is -0.879. The summed E-state index contributed by atoms with van der Waals surface area (Å²) in [4.78, 5) is 39.5. The van der Waals surface area contributed by atoms with Gasteiger partial charge in [0.1, 0.15) is 11.7 Å². The molecule has 0 saturated carbocycles. The first-order valence-electron chi connectivity index (χ1n) is 11.6. The molecule has 6 rings (SSSR count). The lowest BCUT2D eigenvalue weighted by molar-refractivity contribution is -0.136. The van der Waals surface area contributed by atoms with E-state index in [0.717, 1.165) is 16.8 Å². The van der Waals surface area contributed by atoms with Crippen molar-refractivity contribution in [3.63, 3.8) is 0 Å². The van der Waals surface area contributed by atoms with Crippen LogP contribution in [0.4, 0.5) is 0 Å². The summed E-state index contributed by atoms with van der Waals surface area (Å²) >= 11 is 1.78. The molecular weight excluding hydrogens is 462 g/mol. The smallest absolute Gasteiger partial charge is 0.255 e. The van der Waals surface area contributed by atoms with Crippen LogP contribution in [0.1, 0.15) is 52.2 Å². The van der Waals surface area contributed by atoms with Crippen molar-refractivity contribution in [3.8, 4) is 11.3 Å². The minimum Gasteiger partial charge on any atom is -0.322 e. The number of carbonyl (C=O) groups excluding carboxylic acids is 3.